The van der Waals surface area contributed by atoms with Gasteiger partial charge in [0, 0.05) is 18.0 Å². The molecule has 1 heterocycles. The van der Waals surface area contributed by atoms with Crippen LogP contribution in [0, 0.1) is 0 Å². The van der Waals surface area contributed by atoms with E-state index in [1.165, 1.54) is 9.71 Å². The zero-order chi connectivity index (χ0) is 10.9. The Morgan fingerprint density at radius 1 is 1.27 bits per heavy atom. The van der Waals surface area contributed by atoms with Gasteiger partial charge in [0.2, 0.25) is 10.0 Å². The zero-order valence-electron chi connectivity index (χ0n) is 8.50. The van der Waals surface area contributed by atoms with E-state index >= 15 is 0 Å². The van der Waals surface area contributed by atoms with Crippen LogP contribution in [0.25, 0.3) is 0 Å². The first-order valence-electron chi connectivity index (χ1n) is 4.84. The SMILES string of the molecule is CC(c1ccccc1)N1CC=CS1(=O)=O. The van der Waals surface area contributed by atoms with E-state index in [1.807, 2.05) is 37.3 Å². The summed E-state index contributed by atoms with van der Waals surface area (Å²) >= 11 is 0. The Kier molecular flexibility index (Phi) is 2.63. The van der Waals surface area contributed by atoms with Crippen molar-refractivity contribution in [2.24, 2.45) is 0 Å². The first-order valence-corrected chi connectivity index (χ1v) is 6.35. The summed E-state index contributed by atoms with van der Waals surface area (Å²) in [6.07, 6.45) is 1.68. The Labute approximate surface area is 90.1 Å². The van der Waals surface area contributed by atoms with Gasteiger partial charge in [0.15, 0.2) is 0 Å². The largest absolute Gasteiger partial charge is 0.236 e. The molecule has 2 rings (SSSR count). The molecule has 4 heteroatoms. The summed E-state index contributed by atoms with van der Waals surface area (Å²) in [4.78, 5) is 0. The van der Waals surface area contributed by atoms with Crippen LogP contribution in [-0.4, -0.2) is 19.3 Å². The molecule has 1 unspecified atom stereocenters. The van der Waals surface area contributed by atoms with E-state index in [9.17, 15) is 8.42 Å². The van der Waals surface area contributed by atoms with Crippen molar-refractivity contribution in [3.05, 3.63) is 47.4 Å². The van der Waals surface area contributed by atoms with Gasteiger partial charge in [-0.1, -0.05) is 36.4 Å². The molecule has 0 aliphatic carbocycles. The molecule has 0 fully saturated rings. The summed E-state index contributed by atoms with van der Waals surface area (Å²) in [5, 5.41) is 1.27. The van der Waals surface area contributed by atoms with Crippen molar-refractivity contribution < 1.29 is 8.42 Å². The molecule has 1 atom stereocenters. The van der Waals surface area contributed by atoms with Gasteiger partial charge in [-0.3, -0.25) is 0 Å². The van der Waals surface area contributed by atoms with Gasteiger partial charge in [-0.2, -0.15) is 4.31 Å². The number of hydrogen-bond donors (Lipinski definition) is 0. The first kappa shape index (κ1) is 10.4. The van der Waals surface area contributed by atoms with E-state index < -0.39 is 10.0 Å². The highest BCUT2D eigenvalue weighted by molar-refractivity contribution is 7.92. The minimum atomic E-state index is -3.18. The molecule has 1 aliphatic heterocycles. The summed E-state index contributed by atoms with van der Waals surface area (Å²) in [6, 6.07) is 9.54. The van der Waals surface area contributed by atoms with Crippen LogP contribution < -0.4 is 0 Å². The van der Waals surface area contributed by atoms with Gasteiger partial charge in [-0.05, 0) is 12.5 Å². The van der Waals surface area contributed by atoms with E-state index in [0.717, 1.165) is 5.56 Å². The Hall–Kier alpha value is -1.13. The summed E-state index contributed by atoms with van der Waals surface area (Å²) in [5.74, 6) is 0. The van der Waals surface area contributed by atoms with Crippen LogP contribution in [0.1, 0.15) is 18.5 Å². The summed E-state index contributed by atoms with van der Waals surface area (Å²) in [5.41, 5.74) is 1.02. The van der Waals surface area contributed by atoms with Crippen LogP contribution in [0.15, 0.2) is 41.8 Å². The number of nitrogens with zero attached hydrogens (tertiary/aromatic N) is 1. The van der Waals surface area contributed by atoms with Gasteiger partial charge < -0.3 is 0 Å². The molecule has 0 N–H and O–H groups in total. The Morgan fingerprint density at radius 3 is 2.47 bits per heavy atom. The number of benzene rings is 1. The second kappa shape index (κ2) is 3.79. The van der Waals surface area contributed by atoms with Gasteiger partial charge in [-0.25, -0.2) is 8.42 Å². The Balaban J connectivity index is 2.27. The lowest BCUT2D eigenvalue weighted by atomic mass is 10.1. The molecule has 1 aliphatic rings. The van der Waals surface area contributed by atoms with Gasteiger partial charge in [0.25, 0.3) is 0 Å². The molecular formula is C11H13NO2S. The summed E-state index contributed by atoms with van der Waals surface area (Å²) in [7, 11) is -3.18. The monoisotopic (exact) mass is 223 g/mol. The van der Waals surface area contributed by atoms with E-state index in [2.05, 4.69) is 0 Å². The van der Waals surface area contributed by atoms with Crippen LogP contribution in [0.4, 0.5) is 0 Å². The molecule has 0 amide bonds. The predicted molar refractivity (Wildman–Crippen MR) is 59.6 cm³/mol. The molecule has 80 valence electrons. The Morgan fingerprint density at radius 2 is 1.93 bits per heavy atom. The van der Waals surface area contributed by atoms with Gasteiger partial charge in [0.1, 0.15) is 0 Å². The van der Waals surface area contributed by atoms with Gasteiger partial charge in [0.05, 0.1) is 0 Å². The third-order valence-corrected chi connectivity index (χ3v) is 4.25. The van der Waals surface area contributed by atoms with Crippen LogP contribution in [0.2, 0.25) is 0 Å². The molecule has 0 radical (unpaired) electrons. The zero-order valence-corrected chi connectivity index (χ0v) is 9.31. The molecule has 0 saturated carbocycles. The van der Waals surface area contributed by atoms with Crippen molar-refractivity contribution in [3.63, 3.8) is 0 Å². The van der Waals surface area contributed by atoms with Crippen molar-refractivity contribution in [1.82, 2.24) is 4.31 Å². The lowest BCUT2D eigenvalue weighted by molar-refractivity contribution is 0.383. The second-order valence-electron chi connectivity index (χ2n) is 3.57. The van der Waals surface area contributed by atoms with Crippen molar-refractivity contribution in [1.29, 1.82) is 0 Å². The molecule has 3 nitrogen and oxygen atoms in total. The molecule has 1 aromatic rings. The van der Waals surface area contributed by atoms with E-state index in [-0.39, 0.29) is 6.04 Å². The first-order chi connectivity index (χ1) is 7.11. The third kappa shape index (κ3) is 1.96. The van der Waals surface area contributed by atoms with E-state index in [4.69, 9.17) is 0 Å². The third-order valence-electron chi connectivity index (χ3n) is 2.59. The Bertz CT molecular complexity index is 465. The molecule has 1 aromatic carbocycles. The van der Waals surface area contributed by atoms with Crippen molar-refractivity contribution in [2.75, 3.05) is 6.54 Å². The summed E-state index contributed by atoms with van der Waals surface area (Å²) < 4.78 is 24.7. The fourth-order valence-electron chi connectivity index (χ4n) is 1.73. The molecule has 0 aromatic heterocycles. The quantitative estimate of drug-likeness (QED) is 0.768. The van der Waals surface area contributed by atoms with E-state index in [1.54, 1.807) is 6.08 Å². The maximum Gasteiger partial charge on any atom is 0.236 e. The van der Waals surface area contributed by atoms with Crippen LogP contribution in [0.3, 0.4) is 0 Å². The van der Waals surface area contributed by atoms with Gasteiger partial charge >= 0.3 is 0 Å². The molecular weight excluding hydrogens is 210 g/mol. The standard InChI is InChI=1S/C11H13NO2S/c1-10(11-6-3-2-4-7-11)12-8-5-9-15(12,13)14/h2-7,9-10H,8H2,1H3. The molecule has 0 bridgehead atoms. The fourth-order valence-corrected chi connectivity index (χ4v) is 3.07. The topological polar surface area (TPSA) is 37.4 Å². The van der Waals surface area contributed by atoms with E-state index in [0.29, 0.717) is 6.54 Å². The lowest BCUT2D eigenvalue weighted by Gasteiger charge is -2.22. The van der Waals surface area contributed by atoms with Crippen molar-refractivity contribution in [2.45, 2.75) is 13.0 Å². The number of sulfonamides is 1. The van der Waals surface area contributed by atoms with Crippen LogP contribution in [0.5, 0.6) is 0 Å². The highest BCUT2D eigenvalue weighted by Gasteiger charge is 2.28. The van der Waals surface area contributed by atoms with Crippen LogP contribution >= 0.6 is 0 Å². The molecule has 15 heavy (non-hydrogen) atoms. The normalized spacial score (nSPS) is 21.7. The highest BCUT2D eigenvalue weighted by atomic mass is 32.2. The summed E-state index contributed by atoms with van der Waals surface area (Å²) in [6.45, 7) is 2.37. The smallest absolute Gasteiger partial charge is 0.207 e. The minimum absolute atomic E-state index is 0.105. The number of hydrogen-bond acceptors (Lipinski definition) is 2. The lowest BCUT2D eigenvalue weighted by Crippen LogP contribution is -2.28. The minimum Gasteiger partial charge on any atom is -0.207 e. The fraction of sp³-hybridized carbons (Fsp3) is 0.273. The average Bonchev–Trinajstić information content (AvgIpc) is 2.58. The second-order valence-corrected chi connectivity index (χ2v) is 5.34. The van der Waals surface area contributed by atoms with Crippen molar-refractivity contribution >= 4 is 10.0 Å². The predicted octanol–water partition coefficient (Wildman–Crippen LogP) is 1.91. The van der Waals surface area contributed by atoms with Crippen molar-refractivity contribution in [3.8, 4) is 0 Å². The maximum absolute atomic E-state index is 11.6. The van der Waals surface area contributed by atoms with Crippen LogP contribution in [-0.2, 0) is 10.0 Å². The van der Waals surface area contributed by atoms with Gasteiger partial charge in [-0.15, -0.1) is 0 Å². The number of rotatable bonds is 2. The molecule has 0 spiro atoms. The molecule has 0 saturated heterocycles. The average molecular weight is 223 g/mol. The highest BCUT2D eigenvalue weighted by Crippen LogP contribution is 2.26. The maximum atomic E-state index is 11.6.